The smallest absolute Gasteiger partial charge is 0.0484 e. The van der Waals surface area contributed by atoms with E-state index >= 15 is 0 Å². The van der Waals surface area contributed by atoms with Crippen molar-refractivity contribution in [3.05, 3.63) is 19.6 Å². The zero-order chi connectivity index (χ0) is 9.38. The zero-order valence-corrected chi connectivity index (χ0v) is 10.1. The van der Waals surface area contributed by atoms with Gasteiger partial charge in [0.1, 0.15) is 0 Å². The van der Waals surface area contributed by atoms with Crippen LogP contribution in [0.1, 0.15) is 51.4 Å². The first-order valence-electron chi connectivity index (χ1n) is 5.73. The van der Waals surface area contributed by atoms with Gasteiger partial charge < -0.3 is 0 Å². The van der Waals surface area contributed by atoms with Crippen LogP contribution >= 0.6 is 23.5 Å². The average Bonchev–Trinajstić information content (AvgIpc) is 2.86. The quantitative estimate of drug-likeness (QED) is 0.531. The Labute approximate surface area is 94.6 Å². The molecule has 0 atom stereocenters. The lowest BCUT2D eigenvalue weighted by molar-refractivity contribution is 0.718. The zero-order valence-electron chi connectivity index (χ0n) is 8.47. The molecule has 0 unspecified atom stereocenters. The molecule has 3 aliphatic rings. The second kappa shape index (κ2) is 3.97. The summed E-state index contributed by atoms with van der Waals surface area (Å²) in [6.45, 7) is 0. The summed E-state index contributed by atoms with van der Waals surface area (Å²) >= 11 is 4.23. The van der Waals surface area contributed by atoms with Crippen molar-refractivity contribution >= 4 is 23.5 Å². The number of allylic oxidation sites excluding steroid dienone is 3. The van der Waals surface area contributed by atoms with E-state index in [1.54, 1.807) is 19.6 Å². The molecule has 0 spiro atoms. The summed E-state index contributed by atoms with van der Waals surface area (Å²) in [4.78, 5) is 3.44. The van der Waals surface area contributed by atoms with E-state index in [9.17, 15) is 0 Å². The third kappa shape index (κ3) is 1.67. The summed E-state index contributed by atoms with van der Waals surface area (Å²) < 4.78 is 1.68. The van der Waals surface area contributed by atoms with Gasteiger partial charge in [0.2, 0.25) is 0 Å². The van der Waals surface area contributed by atoms with Crippen molar-refractivity contribution in [2.45, 2.75) is 51.4 Å². The fourth-order valence-corrected chi connectivity index (χ4v) is 5.55. The van der Waals surface area contributed by atoms with E-state index in [0.29, 0.717) is 0 Å². The molecule has 1 heterocycles. The third-order valence-corrected chi connectivity index (χ3v) is 6.27. The largest absolute Gasteiger partial charge is 0.0864 e. The molecule has 1 fully saturated rings. The third-order valence-electron chi connectivity index (χ3n) is 3.30. The van der Waals surface area contributed by atoms with Crippen molar-refractivity contribution in [1.82, 2.24) is 0 Å². The molecule has 1 saturated carbocycles. The predicted molar refractivity (Wildman–Crippen MR) is 66.2 cm³/mol. The van der Waals surface area contributed by atoms with E-state index in [1.165, 1.54) is 51.4 Å². The van der Waals surface area contributed by atoms with Crippen LogP contribution in [0.2, 0.25) is 0 Å². The first kappa shape index (κ1) is 9.41. The minimum atomic E-state index is 1.36. The van der Waals surface area contributed by atoms with Gasteiger partial charge in [0.15, 0.2) is 0 Å². The molecular formula is C12H16S2. The molecule has 0 amide bonds. The highest BCUT2D eigenvalue weighted by Crippen LogP contribution is 2.56. The van der Waals surface area contributed by atoms with E-state index in [-0.39, 0.29) is 0 Å². The molecule has 76 valence electrons. The molecule has 0 bridgehead atoms. The summed E-state index contributed by atoms with van der Waals surface area (Å²) in [5.41, 5.74) is 1.77. The molecule has 0 nitrogen and oxygen atoms in total. The Morgan fingerprint density at radius 2 is 1.14 bits per heavy atom. The van der Waals surface area contributed by atoms with Gasteiger partial charge in [-0.15, -0.1) is 0 Å². The van der Waals surface area contributed by atoms with Crippen LogP contribution in [0.25, 0.3) is 0 Å². The van der Waals surface area contributed by atoms with Crippen molar-refractivity contribution in [1.29, 1.82) is 0 Å². The molecule has 14 heavy (non-hydrogen) atoms. The summed E-state index contributed by atoms with van der Waals surface area (Å²) in [7, 11) is 0. The Morgan fingerprint density at radius 1 is 0.643 bits per heavy atom. The Balaban J connectivity index is 1.80. The average molecular weight is 226 g/mol. The van der Waals surface area contributed by atoms with Crippen LogP contribution in [0, 0.1) is 0 Å². The Kier molecular flexibility index (Phi) is 2.67. The fourth-order valence-electron chi connectivity index (χ4n) is 2.46. The van der Waals surface area contributed by atoms with Gasteiger partial charge in [0.05, 0.1) is 0 Å². The van der Waals surface area contributed by atoms with Crippen LogP contribution < -0.4 is 0 Å². The molecule has 0 aromatic carbocycles. The van der Waals surface area contributed by atoms with E-state index in [2.05, 4.69) is 23.5 Å². The predicted octanol–water partition coefficient (Wildman–Crippen LogP) is 5.04. The number of rotatable bonds is 0. The van der Waals surface area contributed by atoms with Crippen LogP contribution in [0.4, 0.5) is 0 Å². The second-order valence-corrected chi connectivity index (χ2v) is 6.82. The lowest BCUT2D eigenvalue weighted by atomic mass is 10.2. The SMILES string of the molecule is C1CC[13C]2=C(C1)SC(=[13C]1CCCC1)S2. The Bertz CT molecular complexity index is 284. The Morgan fingerprint density at radius 3 is 1.71 bits per heavy atom. The van der Waals surface area contributed by atoms with Crippen LogP contribution in [0.5, 0.6) is 0 Å². The lowest BCUT2D eigenvalue weighted by Gasteiger charge is -2.10. The van der Waals surface area contributed by atoms with E-state index in [1.807, 2.05) is 0 Å². The van der Waals surface area contributed by atoms with Gasteiger partial charge in [-0.25, -0.2) is 0 Å². The van der Waals surface area contributed by atoms with E-state index in [0.717, 1.165) is 0 Å². The van der Waals surface area contributed by atoms with Crippen LogP contribution in [0.15, 0.2) is 19.6 Å². The van der Waals surface area contributed by atoms with Crippen molar-refractivity contribution in [2.24, 2.45) is 0 Å². The molecule has 0 N–H and O–H groups in total. The molecule has 1 aliphatic heterocycles. The van der Waals surface area contributed by atoms with Gasteiger partial charge in [0.25, 0.3) is 0 Å². The minimum Gasteiger partial charge on any atom is -0.0864 e. The summed E-state index contributed by atoms with van der Waals surface area (Å²) in [5, 5.41) is 0. The fraction of sp³-hybridized carbons (Fsp3) is 0.667. The molecule has 2 aliphatic carbocycles. The summed E-state index contributed by atoms with van der Waals surface area (Å²) in [6, 6.07) is 0. The van der Waals surface area contributed by atoms with Crippen LogP contribution in [-0.2, 0) is 0 Å². The number of hydrogen-bond donors (Lipinski definition) is 0. The van der Waals surface area contributed by atoms with Crippen molar-refractivity contribution in [3.63, 3.8) is 0 Å². The number of thioether (sulfide) groups is 2. The van der Waals surface area contributed by atoms with Gasteiger partial charge >= 0.3 is 0 Å². The van der Waals surface area contributed by atoms with E-state index in [4.69, 9.17) is 0 Å². The van der Waals surface area contributed by atoms with Gasteiger partial charge in [-0.1, -0.05) is 23.5 Å². The minimum absolute atomic E-state index is 1.36. The normalized spacial score (nSPS) is 27.4. The second-order valence-electron chi connectivity index (χ2n) is 4.36. The molecule has 3 rings (SSSR count). The maximum absolute atomic E-state index is 2.11. The summed E-state index contributed by atoms with van der Waals surface area (Å²) in [6.07, 6.45) is 11.2. The molecule has 0 aromatic heterocycles. The van der Waals surface area contributed by atoms with Gasteiger partial charge in [-0.3, -0.25) is 0 Å². The highest BCUT2D eigenvalue weighted by atomic mass is 32.2. The van der Waals surface area contributed by atoms with E-state index < -0.39 is 0 Å². The lowest BCUT2D eigenvalue weighted by Crippen LogP contribution is -1.89. The first-order chi connectivity index (χ1) is 6.93. The highest BCUT2D eigenvalue weighted by molar-refractivity contribution is 8.28. The molecule has 2 heteroatoms. The summed E-state index contributed by atoms with van der Waals surface area (Å²) in [5.74, 6) is 0. The van der Waals surface area contributed by atoms with Gasteiger partial charge in [-0.2, -0.15) is 0 Å². The monoisotopic (exact) mass is 226 g/mol. The first-order valence-corrected chi connectivity index (χ1v) is 7.36. The highest BCUT2D eigenvalue weighted by Gasteiger charge is 2.26. The van der Waals surface area contributed by atoms with Gasteiger partial charge in [0, 0.05) is 14.0 Å². The standard InChI is InChI=1S/C12H16S2/c1-2-6-9(5-1)12-13-10-7-3-4-8-11(10)14-12/h1-8H2/i9+1,10+1. The van der Waals surface area contributed by atoms with Crippen LogP contribution in [0.3, 0.4) is 0 Å². The maximum Gasteiger partial charge on any atom is 0.0484 e. The molecular weight excluding hydrogens is 210 g/mol. The Hall–Kier alpha value is 0.180. The number of hydrogen-bond acceptors (Lipinski definition) is 2. The molecule has 0 saturated heterocycles. The van der Waals surface area contributed by atoms with Gasteiger partial charge in [-0.05, 0) is 56.9 Å². The maximum atomic E-state index is 2.11. The van der Waals surface area contributed by atoms with Crippen molar-refractivity contribution < 1.29 is 0 Å². The molecule has 0 radical (unpaired) electrons. The van der Waals surface area contributed by atoms with Crippen molar-refractivity contribution in [3.8, 4) is 0 Å². The van der Waals surface area contributed by atoms with Crippen molar-refractivity contribution in [2.75, 3.05) is 0 Å². The molecule has 0 aromatic rings. The van der Waals surface area contributed by atoms with Crippen LogP contribution in [-0.4, -0.2) is 0 Å². The topological polar surface area (TPSA) is 0 Å².